The van der Waals surface area contributed by atoms with E-state index in [1.54, 1.807) is 0 Å². The summed E-state index contributed by atoms with van der Waals surface area (Å²) >= 11 is 6.10. The normalized spacial score (nSPS) is 14.6. The van der Waals surface area contributed by atoms with Gasteiger partial charge in [-0.2, -0.15) is 0 Å². The van der Waals surface area contributed by atoms with Gasteiger partial charge in [-0.05, 0) is 67.0 Å². The van der Waals surface area contributed by atoms with Crippen LogP contribution in [0.15, 0.2) is 103 Å². The fraction of sp³-hybridized carbons (Fsp3) is 0.200. The predicted octanol–water partition coefficient (Wildman–Crippen LogP) is 7.93. The molecular weight excluding hydrogens is 498 g/mol. The van der Waals surface area contributed by atoms with Gasteiger partial charge < -0.3 is 9.30 Å². The maximum Gasteiger partial charge on any atom is 0.313 e. The van der Waals surface area contributed by atoms with Gasteiger partial charge in [-0.1, -0.05) is 109 Å². The number of benzene rings is 4. The van der Waals surface area contributed by atoms with Gasteiger partial charge in [0.15, 0.2) is 0 Å². The molecule has 0 amide bonds. The third-order valence-corrected chi connectivity index (χ3v) is 8.11. The van der Waals surface area contributed by atoms with Gasteiger partial charge in [0.1, 0.15) is 11.6 Å². The predicted molar refractivity (Wildman–Crippen MR) is 161 cm³/mol. The van der Waals surface area contributed by atoms with Crippen molar-refractivity contribution in [1.82, 2.24) is 4.57 Å². The average Bonchev–Trinajstić information content (AvgIpc) is 3.31. The van der Waals surface area contributed by atoms with Crippen LogP contribution in [0.3, 0.4) is 0 Å². The molecule has 0 radical (unpaired) electrons. The summed E-state index contributed by atoms with van der Waals surface area (Å²) in [6.07, 6.45) is 3.41. The zero-order valence-corrected chi connectivity index (χ0v) is 22.9. The summed E-state index contributed by atoms with van der Waals surface area (Å²) in [6.45, 7) is 2.37. The van der Waals surface area contributed by atoms with E-state index in [4.69, 9.17) is 17.0 Å². The number of thiocarbonyl (C=S) groups is 1. The highest BCUT2D eigenvalue weighted by atomic mass is 32.1. The smallest absolute Gasteiger partial charge is 0.313 e. The van der Waals surface area contributed by atoms with Gasteiger partial charge in [-0.15, -0.1) is 0 Å². The zero-order chi connectivity index (χ0) is 26.8. The van der Waals surface area contributed by atoms with Crippen LogP contribution in [0.4, 0.5) is 0 Å². The average molecular weight is 530 g/mol. The van der Waals surface area contributed by atoms with E-state index in [-0.39, 0.29) is 18.5 Å². The Morgan fingerprint density at radius 3 is 2.28 bits per heavy atom. The van der Waals surface area contributed by atoms with Gasteiger partial charge in [0, 0.05) is 16.6 Å². The van der Waals surface area contributed by atoms with E-state index >= 15 is 0 Å². The Morgan fingerprint density at radius 2 is 1.56 bits per heavy atom. The van der Waals surface area contributed by atoms with Crippen molar-refractivity contribution in [3.8, 4) is 0 Å². The standard InChI is InChI=1S/C35H31NO2S/c1-24-15-18-28(19-16-24)34(39)36-31-20-17-27(21-25-9-4-2-5-10-25)22-30(31)33-29(13-8-14-32(33)36)35(37)38-23-26-11-6-3-7-12-26/h2-7,9-12,15-20,22,29H,8,13-14,21,23H2,1H3. The molecule has 0 fully saturated rings. The lowest BCUT2D eigenvalue weighted by molar-refractivity contribution is -0.147. The number of carbonyl (C=O) groups is 1. The molecule has 1 aliphatic carbocycles. The number of rotatable bonds is 6. The van der Waals surface area contributed by atoms with Crippen molar-refractivity contribution < 1.29 is 9.53 Å². The largest absolute Gasteiger partial charge is 0.460 e. The van der Waals surface area contributed by atoms with Gasteiger partial charge in [-0.25, -0.2) is 0 Å². The van der Waals surface area contributed by atoms with Gasteiger partial charge in [-0.3, -0.25) is 4.79 Å². The lowest BCUT2D eigenvalue weighted by atomic mass is 9.84. The maximum absolute atomic E-state index is 13.6. The van der Waals surface area contributed by atoms with Gasteiger partial charge in [0.05, 0.1) is 11.4 Å². The van der Waals surface area contributed by atoms with Gasteiger partial charge >= 0.3 is 5.97 Å². The molecule has 1 unspecified atom stereocenters. The molecule has 0 saturated carbocycles. The van der Waals surface area contributed by atoms with E-state index in [1.165, 1.54) is 16.7 Å². The van der Waals surface area contributed by atoms with Gasteiger partial charge in [0.2, 0.25) is 0 Å². The summed E-state index contributed by atoms with van der Waals surface area (Å²) < 4.78 is 8.10. The van der Waals surface area contributed by atoms with E-state index < -0.39 is 0 Å². The van der Waals surface area contributed by atoms with Crippen molar-refractivity contribution in [2.24, 2.45) is 0 Å². The number of hydrogen-bond acceptors (Lipinski definition) is 3. The second kappa shape index (κ2) is 11.0. The first-order valence-corrected chi connectivity index (χ1v) is 14.0. The first kappa shape index (κ1) is 25.3. The lowest BCUT2D eigenvalue weighted by Crippen LogP contribution is -2.23. The topological polar surface area (TPSA) is 31.2 Å². The molecular formula is C35H31NO2S. The third-order valence-electron chi connectivity index (χ3n) is 7.69. The molecule has 1 atom stereocenters. The monoisotopic (exact) mass is 529 g/mol. The molecule has 5 aromatic rings. The van der Waals surface area contributed by atoms with Crippen LogP contribution in [-0.2, 0) is 29.0 Å². The molecule has 0 saturated heterocycles. The van der Waals surface area contributed by atoms with Crippen LogP contribution in [0.5, 0.6) is 0 Å². The minimum absolute atomic E-state index is 0.159. The molecule has 0 bridgehead atoms. The highest BCUT2D eigenvalue weighted by Gasteiger charge is 2.34. The van der Waals surface area contributed by atoms with E-state index in [9.17, 15) is 4.79 Å². The summed E-state index contributed by atoms with van der Waals surface area (Å²) in [5.41, 5.74) is 8.97. The molecule has 1 heterocycles. The number of hydrogen-bond donors (Lipinski definition) is 0. The number of aromatic nitrogens is 1. The molecule has 1 aromatic heterocycles. The molecule has 4 heteroatoms. The number of carbonyl (C=O) groups excluding carboxylic acids is 1. The summed E-state index contributed by atoms with van der Waals surface area (Å²) in [7, 11) is 0. The van der Waals surface area contributed by atoms with Crippen molar-refractivity contribution in [3.05, 3.63) is 142 Å². The number of fused-ring (bicyclic) bond motifs is 3. The summed E-state index contributed by atoms with van der Waals surface area (Å²) in [6, 6.07) is 35.4. The Morgan fingerprint density at radius 1 is 0.872 bits per heavy atom. The Labute approximate surface area is 235 Å². The second-order valence-corrected chi connectivity index (χ2v) is 10.8. The lowest BCUT2D eigenvalue weighted by Gasteiger charge is -2.23. The number of ether oxygens (including phenoxy) is 1. The molecule has 194 valence electrons. The van der Waals surface area contributed by atoms with Crippen LogP contribution in [0.25, 0.3) is 10.9 Å². The van der Waals surface area contributed by atoms with Crippen LogP contribution in [0, 0.1) is 6.92 Å². The molecule has 6 rings (SSSR count). The minimum Gasteiger partial charge on any atom is -0.460 e. The Balaban J connectivity index is 1.44. The summed E-state index contributed by atoms with van der Waals surface area (Å²) in [4.78, 5) is 14.3. The van der Waals surface area contributed by atoms with Crippen molar-refractivity contribution in [2.75, 3.05) is 0 Å². The van der Waals surface area contributed by atoms with E-state index in [0.717, 1.165) is 64.0 Å². The van der Waals surface area contributed by atoms with Gasteiger partial charge in [0.25, 0.3) is 0 Å². The highest BCUT2D eigenvalue weighted by Crippen LogP contribution is 2.41. The molecule has 4 aromatic carbocycles. The van der Waals surface area contributed by atoms with E-state index in [2.05, 4.69) is 78.2 Å². The first-order valence-electron chi connectivity index (χ1n) is 13.6. The Kier molecular flexibility index (Phi) is 7.12. The second-order valence-electron chi connectivity index (χ2n) is 10.4. The summed E-state index contributed by atoms with van der Waals surface area (Å²) in [5, 5.41) is 1.11. The van der Waals surface area contributed by atoms with Crippen molar-refractivity contribution >= 4 is 34.1 Å². The molecule has 1 aliphatic rings. The van der Waals surface area contributed by atoms with Crippen molar-refractivity contribution in [1.29, 1.82) is 0 Å². The van der Waals surface area contributed by atoms with E-state index in [1.807, 2.05) is 36.4 Å². The maximum atomic E-state index is 13.6. The fourth-order valence-electron chi connectivity index (χ4n) is 5.73. The molecule has 39 heavy (non-hydrogen) atoms. The molecule has 0 N–H and O–H groups in total. The first-order chi connectivity index (χ1) is 19.1. The van der Waals surface area contributed by atoms with Crippen LogP contribution >= 0.6 is 12.2 Å². The highest BCUT2D eigenvalue weighted by molar-refractivity contribution is 7.80. The number of esters is 1. The van der Waals surface area contributed by atoms with Crippen LogP contribution in [0.2, 0.25) is 0 Å². The number of aryl methyl sites for hydroxylation is 1. The van der Waals surface area contributed by atoms with Crippen LogP contribution in [-0.4, -0.2) is 15.5 Å². The quantitative estimate of drug-likeness (QED) is 0.165. The molecule has 3 nitrogen and oxygen atoms in total. The third kappa shape index (κ3) is 5.17. The zero-order valence-electron chi connectivity index (χ0n) is 22.1. The molecule has 0 spiro atoms. The SMILES string of the molecule is Cc1ccc(C(=S)n2c3c(c4cc(Cc5ccccc5)ccc42)C(C(=O)OCc2ccccc2)CCC3)cc1. The Bertz CT molecular complexity index is 1640. The Hall–Kier alpha value is -4.02. The summed E-state index contributed by atoms with van der Waals surface area (Å²) in [5.74, 6) is -0.470. The molecule has 0 aliphatic heterocycles. The van der Waals surface area contributed by atoms with Crippen LogP contribution in [0.1, 0.15) is 57.8 Å². The van der Waals surface area contributed by atoms with E-state index in [0.29, 0.717) is 0 Å². The fourth-order valence-corrected chi connectivity index (χ4v) is 6.08. The number of nitrogens with zero attached hydrogens (tertiary/aromatic N) is 1. The minimum atomic E-state index is -0.311. The van der Waals surface area contributed by atoms with Crippen molar-refractivity contribution in [3.63, 3.8) is 0 Å². The van der Waals surface area contributed by atoms with Crippen molar-refractivity contribution in [2.45, 2.75) is 45.1 Å². The van der Waals surface area contributed by atoms with Crippen LogP contribution < -0.4 is 0 Å².